The minimum absolute atomic E-state index is 0.231. The number of amides is 1. The number of nitrogens with one attached hydrogen (secondary N) is 1. The van der Waals surface area contributed by atoms with Crippen LogP contribution in [0.5, 0.6) is 17.2 Å². The van der Waals surface area contributed by atoms with E-state index >= 15 is 0 Å². The Morgan fingerprint density at radius 2 is 1.78 bits per heavy atom. The molecule has 10 nitrogen and oxygen atoms in total. The van der Waals surface area contributed by atoms with Crippen molar-refractivity contribution in [2.75, 3.05) is 65.3 Å². The SMILES string of the molecule is C=CC(=O)Nc1cc(Cc2nccc(C(=O)c3ccc(OCCC)cc3OC)n2)c(OC)cc1N(C)CCN(C)C. The zero-order valence-corrected chi connectivity index (χ0v) is 24.7. The van der Waals surface area contributed by atoms with Crippen molar-refractivity contribution in [3.8, 4) is 17.2 Å². The Balaban J connectivity index is 1.94. The van der Waals surface area contributed by atoms with Gasteiger partial charge in [0.25, 0.3) is 0 Å². The standard InChI is InChI=1S/C31H39N5O5/c1-8-16-41-22-10-11-23(28(19-22)40-7)31(38)24-12-13-32-29(33-24)18-21-17-25(34-30(37)9-2)26(20-27(21)39-6)36(5)15-14-35(3)4/h9-13,17,19-20H,2,8,14-16,18H2,1,3-7H3,(H,34,37). The summed E-state index contributed by atoms with van der Waals surface area (Å²) >= 11 is 0. The summed E-state index contributed by atoms with van der Waals surface area (Å²) in [6.07, 6.45) is 3.92. The summed E-state index contributed by atoms with van der Waals surface area (Å²) < 4.78 is 16.9. The van der Waals surface area contributed by atoms with Crippen molar-refractivity contribution in [3.05, 3.63) is 77.9 Å². The number of ether oxygens (including phenoxy) is 3. The van der Waals surface area contributed by atoms with Gasteiger partial charge in [0.15, 0.2) is 0 Å². The van der Waals surface area contributed by atoms with Gasteiger partial charge in [0.1, 0.15) is 28.8 Å². The van der Waals surface area contributed by atoms with Gasteiger partial charge >= 0.3 is 0 Å². The summed E-state index contributed by atoms with van der Waals surface area (Å²) in [5, 5.41) is 2.90. The van der Waals surface area contributed by atoms with Crippen molar-refractivity contribution < 1.29 is 23.8 Å². The van der Waals surface area contributed by atoms with E-state index in [1.807, 2.05) is 45.1 Å². The van der Waals surface area contributed by atoms with Crippen molar-refractivity contribution in [1.29, 1.82) is 0 Å². The number of ketones is 1. The number of methoxy groups -OCH3 is 2. The molecule has 1 amide bonds. The molecule has 0 spiro atoms. The molecule has 0 atom stereocenters. The Morgan fingerprint density at radius 3 is 2.44 bits per heavy atom. The van der Waals surface area contributed by atoms with Crippen molar-refractivity contribution >= 4 is 23.1 Å². The van der Waals surface area contributed by atoms with Gasteiger partial charge in [0, 0.05) is 50.5 Å². The van der Waals surface area contributed by atoms with Crippen LogP contribution in [0.4, 0.5) is 11.4 Å². The topological polar surface area (TPSA) is 106 Å². The summed E-state index contributed by atoms with van der Waals surface area (Å²) in [5.74, 6) is 1.44. The fraction of sp³-hybridized carbons (Fsp3) is 0.355. The molecule has 41 heavy (non-hydrogen) atoms. The van der Waals surface area contributed by atoms with Gasteiger partial charge in [-0.1, -0.05) is 13.5 Å². The van der Waals surface area contributed by atoms with E-state index in [0.29, 0.717) is 40.9 Å². The second kappa shape index (κ2) is 14.8. The van der Waals surface area contributed by atoms with Crippen molar-refractivity contribution in [2.24, 2.45) is 0 Å². The summed E-state index contributed by atoms with van der Waals surface area (Å²) in [6.45, 7) is 7.72. The van der Waals surface area contributed by atoms with Crippen LogP contribution in [0.1, 0.15) is 40.8 Å². The van der Waals surface area contributed by atoms with Gasteiger partial charge in [-0.3, -0.25) is 9.59 Å². The molecular weight excluding hydrogens is 522 g/mol. The fourth-order valence-electron chi connectivity index (χ4n) is 4.10. The molecule has 3 aromatic rings. The Bertz CT molecular complexity index is 1370. The highest BCUT2D eigenvalue weighted by molar-refractivity contribution is 6.09. The van der Waals surface area contributed by atoms with Crippen LogP contribution in [0.25, 0.3) is 0 Å². The number of rotatable bonds is 15. The summed E-state index contributed by atoms with van der Waals surface area (Å²) in [6, 6.07) is 10.4. The van der Waals surface area contributed by atoms with E-state index in [1.54, 1.807) is 37.6 Å². The highest BCUT2D eigenvalue weighted by atomic mass is 16.5. The van der Waals surface area contributed by atoms with Crippen LogP contribution in [-0.2, 0) is 11.2 Å². The first-order valence-electron chi connectivity index (χ1n) is 13.4. The quantitative estimate of drug-likeness (QED) is 0.216. The van der Waals surface area contributed by atoms with Gasteiger partial charge in [-0.15, -0.1) is 0 Å². The van der Waals surface area contributed by atoms with Crippen LogP contribution >= 0.6 is 0 Å². The predicted molar refractivity (Wildman–Crippen MR) is 161 cm³/mol. The van der Waals surface area contributed by atoms with E-state index < -0.39 is 0 Å². The molecule has 218 valence electrons. The van der Waals surface area contributed by atoms with Gasteiger partial charge < -0.3 is 29.3 Å². The lowest BCUT2D eigenvalue weighted by Crippen LogP contribution is -2.29. The number of nitrogens with zero attached hydrogens (tertiary/aromatic N) is 4. The maximum atomic E-state index is 13.4. The monoisotopic (exact) mass is 561 g/mol. The molecule has 0 aliphatic carbocycles. The van der Waals surface area contributed by atoms with Gasteiger partial charge in [0.05, 0.1) is 37.8 Å². The van der Waals surface area contributed by atoms with Crippen molar-refractivity contribution in [3.63, 3.8) is 0 Å². The van der Waals surface area contributed by atoms with Gasteiger partial charge in [0.2, 0.25) is 11.7 Å². The number of aromatic nitrogens is 2. The average molecular weight is 562 g/mol. The molecule has 2 aromatic carbocycles. The fourth-order valence-corrected chi connectivity index (χ4v) is 4.10. The van der Waals surface area contributed by atoms with Gasteiger partial charge in [-0.25, -0.2) is 9.97 Å². The third-order valence-electron chi connectivity index (χ3n) is 6.31. The number of likely N-dealkylation sites (N-methyl/N-ethyl adjacent to an activating group) is 2. The maximum absolute atomic E-state index is 13.4. The third-order valence-corrected chi connectivity index (χ3v) is 6.31. The van der Waals surface area contributed by atoms with E-state index in [-0.39, 0.29) is 23.8 Å². The molecular formula is C31H39N5O5. The number of hydrogen-bond donors (Lipinski definition) is 1. The molecule has 1 aromatic heterocycles. The molecule has 10 heteroatoms. The molecule has 0 aliphatic heterocycles. The third kappa shape index (κ3) is 8.28. The zero-order chi connectivity index (χ0) is 29.9. The molecule has 1 N–H and O–H groups in total. The molecule has 0 saturated heterocycles. The number of hydrogen-bond acceptors (Lipinski definition) is 9. The first-order chi connectivity index (χ1) is 19.7. The summed E-state index contributed by atoms with van der Waals surface area (Å²) in [7, 11) is 9.06. The van der Waals surface area contributed by atoms with E-state index in [9.17, 15) is 9.59 Å². The van der Waals surface area contributed by atoms with Crippen molar-refractivity contribution in [1.82, 2.24) is 14.9 Å². The van der Waals surface area contributed by atoms with E-state index in [1.165, 1.54) is 13.2 Å². The Labute approximate surface area is 242 Å². The van der Waals surface area contributed by atoms with Crippen molar-refractivity contribution in [2.45, 2.75) is 19.8 Å². The molecule has 0 saturated carbocycles. The van der Waals surface area contributed by atoms with Gasteiger partial charge in [-0.05, 0) is 50.9 Å². The molecule has 0 bridgehead atoms. The minimum Gasteiger partial charge on any atom is -0.496 e. The maximum Gasteiger partial charge on any atom is 0.247 e. The summed E-state index contributed by atoms with van der Waals surface area (Å²) in [4.78, 5) is 38.8. The largest absolute Gasteiger partial charge is 0.496 e. The second-order valence-corrected chi connectivity index (χ2v) is 9.67. The number of carbonyl (C=O) groups excluding carboxylic acids is 2. The number of benzene rings is 2. The Morgan fingerprint density at radius 1 is 1.02 bits per heavy atom. The Hall–Kier alpha value is -4.44. The predicted octanol–water partition coefficient (Wildman–Crippen LogP) is 4.23. The van der Waals surface area contributed by atoms with Crippen LogP contribution in [0.2, 0.25) is 0 Å². The first-order valence-corrected chi connectivity index (χ1v) is 13.4. The summed E-state index contributed by atoms with van der Waals surface area (Å²) in [5.41, 5.74) is 2.75. The van der Waals surface area contributed by atoms with Crippen LogP contribution in [-0.4, -0.2) is 81.6 Å². The number of anilines is 2. The lowest BCUT2D eigenvalue weighted by atomic mass is 10.0. The lowest BCUT2D eigenvalue weighted by Gasteiger charge is -2.25. The average Bonchev–Trinajstić information content (AvgIpc) is 2.98. The number of carbonyl (C=O) groups is 2. The van der Waals surface area contributed by atoms with Crippen LogP contribution in [0, 0.1) is 0 Å². The zero-order valence-electron chi connectivity index (χ0n) is 24.7. The second-order valence-electron chi connectivity index (χ2n) is 9.67. The van der Waals surface area contributed by atoms with E-state index in [0.717, 1.165) is 30.8 Å². The Kier molecular flexibility index (Phi) is 11.2. The molecule has 3 rings (SSSR count). The van der Waals surface area contributed by atoms with Crippen LogP contribution in [0.3, 0.4) is 0 Å². The van der Waals surface area contributed by atoms with Crippen LogP contribution < -0.4 is 24.4 Å². The minimum atomic E-state index is -0.327. The van der Waals surface area contributed by atoms with Gasteiger partial charge in [-0.2, -0.15) is 0 Å². The molecule has 0 fully saturated rings. The molecule has 0 aliphatic rings. The molecule has 0 unspecified atom stereocenters. The van der Waals surface area contributed by atoms with E-state index in [4.69, 9.17) is 14.2 Å². The van der Waals surface area contributed by atoms with E-state index in [2.05, 4.69) is 26.8 Å². The first kappa shape index (κ1) is 31.1. The highest BCUT2D eigenvalue weighted by Crippen LogP contribution is 2.35. The smallest absolute Gasteiger partial charge is 0.247 e. The molecule has 1 heterocycles. The van der Waals surface area contributed by atoms with Crippen LogP contribution in [0.15, 0.2) is 55.3 Å². The molecule has 0 radical (unpaired) electrons. The highest BCUT2D eigenvalue weighted by Gasteiger charge is 2.20. The normalized spacial score (nSPS) is 10.7. The lowest BCUT2D eigenvalue weighted by molar-refractivity contribution is -0.111.